The summed E-state index contributed by atoms with van der Waals surface area (Å²) in [6, 6.07) is 8.25. The van der Waals surface area contributed by atoms with E-state index in [1.165, 1.54) is 14.2 Å². The first-order chi connectivity index (χ1) is 17.9. The molecule has 2 heterocycles. The van der Waals surface area contributed by atoms with Crippen LogP contribution >= 0.6 is 0 Å². The lowest BCUT2D eigenvalue weighted by molar-refractivity contribution is -0.124. The van der Waals surface area contributed by atoms with Crippen LogP contribution in [0.2, 0.25) is 0 Å². The van der Waals surface area contributed by atoms with Crippen molar-refractivity contribution in [2.24, 2.45) is 0 Å². The third kappa shape index (κ3) is 5.30. The largest absolute Gasteiger partial charge is 0.493 e. The van der Waals surface area contributed by atoms with Gasteiger partial charge in [-0.3, -0.25) is 14.5 Å². The zero-order valence-corrected chi connectivity index (χ0v) is 22.0. The normalized spacial score (nSPS) is 19.7. The number of carbonyl (C=O) groups excluding carboxylic acids is 2. The van der Waals surface area contributed by atoms with Crippen molar-refractivity contribution in [3.8, 4) is 23.0 Å². The van der Waals surface area contributed by atoms with Crippen LogP contribution in [0.4, 0.5) is 0 Å². The first kappa shape index (κ1) is 26.6. The zero-order valence-electron chi connectivity index (χ0n) is 22.0. The Kier molecular flexibility index (Phi) is 8.40. The predicted molar refractivity (Wildman–Crippen MR) is 137 cm³/mol. The molecule has 0 aliphatic carbocycles. The second-order valence-corrected chi connectivity index (χ2v) is 8.99. The summed E-state index contributed by atoms with van der Waals surface area (Å²) in [6.45, 7) is 4.26. The minimum absolute atomic E-state index is 0.180. The van der Waals surface area contributed by atoms with Gasteiger partial charge < -0.3 is 33.9 Å². The van der Waals surface area contributed by atoms with Crippen LogP contribution in [0.15, 0.2) is 30.3 Å². The molecule has 0 aromatic heterocycles. The number of likely N-dealkylation sites (N-methyl/N-ethyl adjacent to an activating group) is 1. The molecule has 1 saturated heterocycles. The van der Waals surface area contributed by atoms with Crippen molar-refractivity contribution in [2.75, 3.05) is 74.9 Å². The summed E-state index contributed by atoms with van der Waals surface area (Å²) in [5, 5.41) is 3.11. The molecule has 2 aliphatic rings. The number of hydrogen-bond acceptors (Lipinski definition) is 8. The van der Waals surface area contributed by atoms with E-state index in [1.54, 1.807) is 44.4 Å². The van der Waals surface area contributed by atoms with Gasteiger partial charge in [-0.25, -0.2) is 0 Å². The second-order valence-electron chi connectivity index (χ2n) is 8.99. The summed E-state index contributed by atoms with van der Waals surface area (Å²) in [7, 11) is 7.87. The quantitative estimate of drug-likeness (QED) is 0.544. The number of methoxy groups -OCH3 is 4. The van der Waals surface area contributed by atoms with Crippen molar-refractivity contribution in [1.82, 2.24) is 15.1 Å². The number of fused-ring (bicyclic) bond motifs is 1. The molecule has 2 aliphatic heterocycles. The van der Waals surface area contributed by atoms with Gasteiger partial charge in [0.05, 0.1) is 53.6 Å². The van der Waals surface area contributed by atoms with Gasteiger partial charge in [-0.2, -0.15) is 0 Å². The van der Waals surface area contributed by atoms with Crippen LogP contribution in [-0.2, 0) is 9.53 Å². The van der Waals surface area contributed by atoms with E-state index >= 15 is 0 Å². The van der Waals surface area contributed by atoms with E-state index in [4.69, 9.17) is 23.7 Å². The number of benzene rings is 2. The van der Waals surface area contributed by atoms with Gasteiger partial charge in [-0.15, -0.1) is 0 Å². The number of amides is 2. The van der Waals surface area contributed by atoms with E-state index < -0.39 is 12.0 Å². The van der Waals surface area contributed by atoms with Crippen LogP contribution in [0.1, 0.15) is 33.4 Å². The average Bonchev–Trinajstić information content (AvgIpc) is 2.94. The van der Waals surface area contributed by atoms with Gasteiger partial charge in [0.2, 0.25) is 5.91 Å². The molecule has 2 aromatic carbocycles. The number of nitrogens with zero attached hydrogens (tertiary/aromatic N) is 2. The zero-order chi connectivity index (χ0) is 26.5. The summed E-state index contributed by atoms with van der Waals surface area (Å²) >= 11 is 0. The lowest BCUT2D eigenvalue weighted by Gasteiger charge is -2.40. The van der Waals surface area contributed by atoms with E-state index in [1.807, 2.05) is 12.1 Å². The summed E-state index contributed by atoms with van der Waals surface area (Å²) < 4.78 is 27.3. The van der Waals surface area contributed by atoms with Gasteiger partial charge in [0, 0.05) is 38.8 Å². The fourth-order valence-corrected chi connectivity index (χ4v) is 5.06. The van der Waals surface area contributed by atoms with Crippen LogP contribution in [-0.4, -0.2) is 96.5 Å². The van der Waals surface area contributed by atoms with Gasteiger partial charge in [0.15, 0.2) is 23.0 Å². The summed E-state index contributed by atoms with van der Waals surface area (Å²) in [5.74, 6) is 0.879. The lowest BCUT2D eigenvalue weighted by Crippen LogP contribution is -2.47. The molecule has 37 heavy (non-hydrogen) atoms. The molecule has 2 atom stereocenters. The highest BCUT2D eigenvalue weighted by atomic mass is 16.5. The molecule has 2 amide bonds. The molecular weight excluding hydrogens is 478 g/mol. The Balaban J connectivity index is 1.74. The topological polar surface area (TPSA) is 98.8 Å². The maximum absolute atomic E-state index is 13.8. The van der Waals surface area contributed by atoms with E-state index in [9.17, 15) is 9.59 Å². The van der Waals surface area contributed by atoms with Gasteiger partial charge >= 0.3 is 0 Å². The van der Waals surface area contributed by atoms with Crippen molar-refractivity contribution in [3.05, 3.63) is 47.0 Å². The smallest absolute Gasteiger partial charge is 0.254 e. The Hall–Kier alpha value is -3.50. The lowest BCUT2D eigenvalue weighted by atomic mass is 9.79. The maximum atomic E-state index is 13.8. The van der Waals surface area contributed by atoms with E-state index in [2.05, 4.69) is 10.2 Å². The Morgan fingerprint density at radius 1 is 0.946 bits per heavy atom. The molecule has 2 aromatic rings. The molecule has 1 N–H and O–H groups in total. The van der Waals surface area contributed by atoms with Crippen molar-refractivity contribution < 1.29 is 33.3 Å². The van der Waals surface area contributed by atoms with E-state index in [0.29, 0.717) is 53.9 Å². The first-order valence-corrected chi connectivity index (χ1v) is 12.3. The molecular formula is C27H35N3O7. The number of morpholine rings is 1. The molecule has 1 fully saturated rings. The van der Waals surface area contributed by atoms with E-state index in [-0.39, 0.29) is 11.8 Å². The maximum Gasteiger partial charge on any atom is 0.254 e. The molecule has 10 nitrogen and oxygen atoms in total. The average molecular weight is 514 g/mol. The summed E-state index contributed by atoms with van der Waals surface area (Å²) in [5.41, 5.74) is 1.75. The van der Waals surface area contributed by atoms with Gasteiger partial charge in [0.25, 0.3) is 5.91 Å². The van der Waals surface area contributed by atoms with Gasteiger partial charge in [-0.05, 0) is 35.4 Å². The van der Waals surface area contributed by atoms with Crippen LogP contribution in [0.3, 0.4) is 0 Å². The molecule has 10 heteroatoms. The fraction of sp³-hybridized carbons (Fsp3) is 0.481. The Bertz CT molecular complexity index is 1130. The van der Waals surface area contributed by atoms with Crippen LogP contribution < -0.4 is 24.3 Å². The number of carbonyl (C=O) groups is 2. The number of ether oxygens (including phenoxy) is 5. The van der Waals surface area contributed by atoms with Crippen molar-refractivity contribution in [1.29, 1.82) is 0 Å². The van der Waals surface area contributed by atoms with Crippen molar-refractivity contribution >= 4 is 11.8 Å². The molecule has 2 unspecified atom stereocenters. The number of nitrogens with one attached hydrogen (secondary N) is 1. The Morgan fingerprint density at radius 2 is 1.57 bits per heavy atom. The van der Waals surface area contributed by atoms with Crippen molar-refractivity contribution in [2.45, 2.75) is 12.0 Å². The molecule has 0 spiro atoms. The first-order valence-electron chi connectivity index (χ1n) is 12.3. The standard InChI is InChI=1S/C27H35N3O7/c1-29-25(17-6-7-20(33-2)21(14-17)34-3)24(26(31)28-8-9-30-10-12-37-13-11-30)18-15-22(35-4)23(36-5)16-19(18)27(29)32/h6-7,14-16,24-25H,8-13H2,1-5H3,(H,28,31). The molecule has 0 saturated carbocycles. The molecule has 4 rings (SSSR count). The van der Waals surface area contributed by atoms with Crippen LogP contribution in [0, 0.1) is 0 Å². The highest BCUT2D eigenvalue weighted by Gasteiger charge is 2.43. The third-order valence-electron chi connectivity index (χ3n) is 7.04. The predicted octanol–water partition coefficient (Wildman–Crippen LogP) is 2.08. The van der Waals surface area contributed by atoms with Crippen LogP contribution in [0.5, 0.6) is 23.0 Å². The number of rotatable bonds is 9. The third-order valence-corrected chi connectivity index (χ3v) is 7.04. The number of hydrogen-bond donors (Lipinski definition) is 1. The Labute approximate surface area is 217 Å². The molecule has 0 radical (unpaired) electrons. The minimum Gasteiger partial charge on any atom is -0.493 e. The second kappa shape index (κ2) is 11.7. The summed E-state index contributed by atoms with van der Waals surface area (Å²) in [4.78, 5) is 31.3. The van der Waals surface area contributed by atoms with Gasteiger partial charge in [-0.1, -0.05) is 6.07 Å². The van der Waals surface area contributed by atoms with Crippen LogP contribution in [0.25, 0.3) is 0 Å². The molecule has 0 bridgehead atoms. The fourth-order valence-electron chi connectivity index (χ4n) is 5.06. The highest BCUT2D eigenvalue weighted by Crippen LogP contribution is 2.46. The van der Waals surface area contributed by atoms with Gasteiger partial charge in [0.1, 0.15) is 0 Å². The minimum atomic E-state index is -0.694. The SMILES string of the molecule is COc1ccc(C2C(C(=O)NCCN3CCOCC3)c3cc(OC)c(OC)cc3C(=O)N2C)cc1OC. The van der Waals surface area contributed by atoms with E-state index in [0.717, 1.165) is 25.2 Å². The summed E-state index contributed by atoms with van der Waals surface area (Å²) in [6.07, 6.45) is 0. The molecule has 200 valence electrons. The Morgan fingerprint density at radius 3 is 2.22 bits per heavy atom. The monoisotopic (exact) mass is 513 g/mol. The highest BCUT2D eigenvalue weighted by molar-refractivity contribution is 6.02. The van der Waals surface area contributed by atoms with Crippen molar-refractivity contribution in [3.63, 3.8) is 0 Å².